The molecule has 144 valence electrons. The molecule has 0 saturated carbocycles. The molecule has 0 fully saturated rings. The number of hydrogen-bond acceptors (Lipinski definition) is 5. The van der Waals surface area contributed by atoms with E-state index in [0.717, 1.165) is 29.5 Å². The predicted molar refractivity (Wildman–Crippen MR) is 95.0 cm³/mol. The van der Waals surface area contributed by atoms with Crippen molar-refractivity contribution in [1.29, 1.82) is 0 Å². The topological polar surface area (TPSA) is 76.5 Å². The fraction of sp³-hybridized carbons (Fsp3) is 0.167. The molecular weight excluding hydrogens is 397 g/mol. The third-order valence-corrected chi connectivity index (χ3v) is 5.76. The van der Waals surface area contributed by atoms with E-state index in [0.29, 0.717) is 4.70 Å². The molecule has 1 amide bonds. The molecule has 0 radical (unpaired) electrons. The SMILES string of the molecule is C[N+]1(c2nc3c(F)c(F)ccc3s2)C(=O)C(CC(=O)O)Oc2cc(F)ccc21. The maximum atomic E-state index is 14.1. The number of rotatable bonds is 3. The van der Waals surface area contributed by atoms with Crippen molar-refractivity contribution in [3.8, 4) is 5.75 Å². The van der Waals surface area contributed by atoms with Crippen LogP contribution in [0.15, 0.2) is 30.3 Å². The minimum absolute atomic E-state index is 0.0146. The average Bonchev–Trinajstić information content (AvgIpc) is 3.07. The Bertz CT molecular complexity index is 1150. The molecule has 0 aliphatic carbocycles. The van der Waals surface area contributed by atoms with E-state index >= 15 is 0 Å². The molecule has 2 aromatic carbocycles. The van der Waals surface area contributed by atoms with E-state index in [4.69, 9.17) is 9.84 Å². The summed E-state index contributed by atoms with van der Waals surface area (Å²) in [7, 11) is 1.43. The summed E-state index contributed by atoms with van der Waals surface area (Å²) in [6, 6.07) is 5.78. The molecule has 1 N–H and O–H groups in total. The summed E-state index contributed by atoms with van der Waals surface area (Å²) in [5.74, 6) is -4.81. The number of carbonyl (C=O) groups excluding carboxylic acids is 1. The van der Waals surface area contributed by atoms with E-state index in [2.05, 4.69) is 4.98 Å². The van der Waals surface area contributed by atoms with Crippen molar-refractivity contribution in [2.24, 2.45) is 0 Å². The average molecular weight is 409 g/mol. The molecule has 1 aliphatic heterocycles. The second-order valence-corrected chi connectivity index (χ2v) is 7.37. The third kappa shape index (κ3) is 2.64. The number of fused-ring (bicyclic) bond motifs is 2. The second kappa shape index (κ2) is 6.28. The van der Waals surface area contributed by atoms with Gasteiger partial charge in [-0.3, -0.25) is 4.79 Å². The molecule has 28 heavy (non-hydrogen) atoms. The van der Waals surface area contributed by atoms with Gasteiger partial charge in [0.1, 0.15) is 11.3 Å². The maximum Gasteiger partial charge on any atom is 0.367 e. The van der Waals surface area contributed by atoms with Crippen molar-refractivity contribution in [2.75, 3.05) is 7.05 Å². The van der Waals surface area contributed by atoms with E-state index in [1.807, 2.05) is 0 Å². The molecule has 0 bridgehead atoms. The number of carbonyl (C=O) groups is 2. The third-order valence-electron chi connectivity index (χ3n) is 4.57. The van der Waals surface area contributed by atoms with Gasteiger partial charge in [-0.1, -0.05) is 11.3 Å². The highest BCUT2D eigenvalue weighted by atomic mass is 32.1. The molecule has 4 rings (SSSR count). The zero-order chi connectivity index (χ0) is 20.2. The van der Waals surface area contributed by atoms with Crippen LogP contribution in [0.4, 0.5) is 24.0 Å². The summed E-state index contributed by atoms with van der Waals surface area (Å²) in [4.78, 5) is 28.4. The second-order valence-electron chi connectivity index (χ2n) is 6.37. The van der Waals surface area contributed by atoms with Crippen LogP contribution >= 0.6 is 11.3 Å². The number of aromatic nitrogens is 1. The fourth-order valence-electron chi connectivity index (χ4n) is 3.16. The van der Waals surface area contributed by atoms with Crippen molar-refractivity contribution in [3.63, 3.8) is 0 Å². The van der Waals surface area contributed by atoms with Crippen LogP contribution in [0.25, 0.3) is 10.2 Å². The molecule has 10 heteroatoms. The van der Waals surface area contributed by atoms with Crippen LogP contribution in [0.2, 0.25) is 0 Å². The number of hydrogen-bond donors (Lipinski definition) is 1. The standard InChI is InChI=1S/C18H11F3N2O4S/c1-23(18-22-16-13(28-18)5-3-9(20)15(16)21)10-4-2-8(19)6-11(10)27-12(17(23)26)7-14(24)25/h2-6,12H,7H2,1H3/p+1. The van der Waals surface area contributed by atoms with Gasteiger partial charge in [0.25, 0.3) is 5.13 Å². The van der Waals surface area contributed by atoms with Crippen molar-refractivity contribution < 1.29 is 32.6 Å². The number of halogens is 3. The summed E-state index contributed by atoms with van der Waals surface area (Å²) < 4.78 is 46.5. The molecule has 2 unspecified atom stereocenters. The molecule has 0 saturated heterocycles. The first-order valence-electron chi connectivity index (χ1n) is 8.06. The smallest absolute Gasteiger partial charge is 0.367 e. The fourth-order valence-corrected chi connectivity index (χ4v) is 4.24. The molecule has 1 aromatic heterocycles. The normalized spacial score (nSPS) is 21.4. The van der Waals surface area contributed by atoms with E-state index in [1.165, 1.54) is 19.2 Å². The summed E-state index contributed by atoms with van der Waals surface area (Å²) >= 11 is 0.955. The van der Waals surface area contributed by atoms with Crippen molar-refractivity contribution in [3.05, 3.63) is 47.8 Å². The number of nitrogens with zero attached hydrogens (tertiary/aromatic N) is 2. The van der Waals surface area contributed by atoms with Crippen LogP contribution < -0.4 is 9.22 Å². The van der Waals surface area contributed by atoms with E-state index in [-0.39, 0.29) is 22.1 Å². The van der Waals surface area contributed by atoms with Crippen LogP contribution in [-0.4, -0.2) is 35.1 Å². The first-order valence-corrected chi connectivity index (χ1v) is 8.88. The number of carboxylic acids is 1. The molecule has 6 nitrogen and oxygen atoms in total. The van der Waals surface area contributed by atoms with Crippen LogP contribution in [-0.2, 0) is 9.59 Å². The van der Waals surface area contributed by atoms with Gasteiger partial charge in [0.2, 0.25) is 6.10 Å². The summed E-state index contributed by atoms with van der Waals surface area (Å²) in [6.07, 6.45) is -2.04. The number of benzene rings is 2. The minimum Gasteiger partial charge on any atom is -0.481 e. The Morgan fingerprint density at radius 1 is 1.29 bits per heavy atom. The van der Waals surface area contributed by atoms with Gasteiger partial charge in [0.15, 0.2) is 23.1 Å². The van der Waals surface area contributed by atoms with E-state index in [9.17, 15) is 22.8 Å². The first kappa shape index (κ1) is 18.4. The van der Waals surface area contributed by atoms with Gasteiger partial charge >= 0.3 is 11.9 Å². The lowest BCUT2D eigenvalue weighted by Crippen LogP contribution is -2.56. The van der Waals surface area contributed by atoms with Gasteiger partial charge < -0.3 is 9.84 Å². The Morgan fingerprint density at radius 3 is 2.75 bits per heavy atom. The van der Waals surface area contributed by atoms with Crippen molar-refractivity contribution in [1.82, 2.24) is 9.47 Å². The zero-order valence-corrected chi connectivity index (χ0v) is 15.1. The van der Waals surface area contributed by atoms with Crippen molar-refractivity contribution in [2.45, 2.75) is 12.5 Å². The number of quaternary nitrogens is 1. The predicted octanol–water partition coefficient (Wildman–Crippen LogP) is 3.74. The van der Waals surface area contributed by atoms with E-state index in [1.54, 1.807) is 0 Å². The quantitative estimate of drug-likeness (QED) is 0.667. The molecule has 2 atom stereocenters. The number of aliphatic carboxylic acids is 1. The van der Waals surface area contributed by atoms with Gasteiger partial charge in [0.05, 0.1) is 18.2 Å². The largest absolute Gasteiger partial charge is 0.481 e. The van der Waals surface area contributed by atoms with Gasteiger partial charge in [-0.05, 0) is 18.2 Å². The highest BCUT2D eigenvalue weighted by Gasteiger charge is 2.52. The Balaban J connectivity index is 1.96. The lowest BCUT2D eigenvalue weighted by Gasteiger charge is -2.36. The number of thiazole rings is 1. The zero-order valence-electron chi connectivity index (χ0n) is 14.3. The summed E-state index contributed by atoms with van der Waals surface area (Å²) in [5.41, 5.74) is -0.0231. The van der Waals surface area contributed by atoms with Gasteiger partial charge in [-0.2, -0.15) is 9.47 Å². The first-order chi connectivity index (χ1) is 13.2. The molecule has 3 aromatic rings. The Labute approximate surface area is 160 Å². The molecule has 2 heterocycles. The van der Waals surface area contributed by atoms with Crippen LogP contribution in [0, 0.1) is 17.5 Å². The van der Waals surface area contributed by atoms with Crippen LogP contribution in [0.5, 0.6) is 5.75 Å². The number of likely N-dealkylation sites (N-methyl/N-ethyl adjacent to an activating group) is 1. The molecular formula is C18H12F3N2O4S+. The number of amides is 1. The van der Waals surface area contributed by atoms with E-state index < -0.39 is 46.3 Å². The highest BCUT2D eigenvalue weighted by Crippen LogP contribution is 2.47. The highest BCUT2D eigenvalue weighted by molar-refractivity contribution is 7.22. The number of carboxylic acid groups (broad SMARTS) is 1. The van der Waals surface area contributed by atoms with Gasteiger partial charge in [-0.25, -0.2) is 18.0 Å². The Morgan fingerprint density at radius 2 is 2.04 bits per heavy atom. The van der Waals surface area contributed by atoms with Crippen LogP contribution in [0.1, 0.15) is 6.42 Å². The monoisotopic (exact) mass is 409 g/mol. The lowest BCUT2D eigenvalue weighted by molar-refractivity contribution is -0.146. The summed E-state index contributed by atoms with van der Waals surface area (Å²) in [5, 5.41) is 9.17. The Hall–Kier alpha value is -2.98. The minimum atomic E-state index is -1.40. The van der Waals surface area contributed by atoms with Gasteiger partial charge in [-0.15, -0.1) is 0 Å². The van der Waals surface area contributed by atoms with Gasteiger partial charge in [0, 0.05) is 12.1 Å². The number of ether oxygens (including phenoxy) is 1. The maximum absolute atomic E-state index is 14.1. The summed E-state index contributed by atoms with van der Waals surface area (Å²) in [6.45, 7) is 0. The van der Waals surface area contributed by atoms with Crippen LogP contribution in [0.3, 0.4) is 0 Å². The van der Waals surface area contributed by atoms with Crippen molar-refractivity contribution >= 4 is 44.2 Å². The Kier molecular flexibility index (Phi) is 4.12. The molecule has 0 spiro atoms. The lowest BCUT2D eigenvalue weighted by atomic mass is 10.1. The molecule has 1 aliphatic rings.